The van der Waals surface area contributed by atoms with Gasteiger partial charge in [-0.1, -0.05) is 6.07 Å². The minimum atomic E-state index is -1.09. The molecule has 2 rings (SSSR count). The van der Waals surface area contributed by atoms with Crippen LogP contribution in [0.3, 0.4) is 0 Å². The number of hydrogen-bond donors (Lipinski definition) is 0. The molecule has 0 bridgehead atoms. The quantitative estimate of drug-likeness (QED) is 0.799. The zero-order chi connectivity index (χ0) is 12.3. The van der Waals surface area contributed by atoms with Gasteiger partial charge in [-0.15, -0.1) is 0 Å². The number of hydrogen-bond acceptors (Lipinski definition) is 3. The molecule has 5 heteroatoms. The molecule has 0 amide bonds. The second kappa shape index (κ2) is 4.58. The zero-order valence-corrected chi connectivity index (χ0v) is 8.52. The van der Waals surface area contributed by atoms with Crippen LogP contribution in [0.15, 0.2) is 36.5 Å². The van der Waals surface area contributed by atoms with Gasteiger partial charge in [-0.05, 0) is 18.2 Å². The van der Waals surface area contributed by atoms with Crippen molar-refractivity contribution in [1.82, 2.24) is 4.98 Å². The Kier molecular flexibility index (Phi) is 2.97. The van der Waals surface area contributed by atoms with Gasteiger partial charge in [0.1, 0.15) is 0 Å². The Hall–Kier alpha value is -2.48. The van der Waals surface area contributed by atoms with Gasteiger partial charge in [0.05, 0.1) is 11.6 Å². The molecular formula is C12H6F2N2O. The Morgan fingerprint density at radius 1 is 1.24 bits per heavy atom. The van der Waals surface area contributed by atoms with E-state index in [1.807, 2.05) is 6.07 Å². The van der Waals surface area contributed by atoms with E-state index in [-0.39, 0.29) is 11.6 Å². The van der Waals surface area contributed by atoms with Crippen molar-refractivity contribution in [2.45, 2.75) is 0 Å². The molecule has 0 aliphatic heterocycles. The Labute approximate surface area is 95.9 Å². The smallest absolute Gasteiger partial charge is 0.220 e. The number of pyridine rings is 1. The molecule has 0 radical (unpaired) electrons. The van der Waals surface area contributed by atoms with Crippen molar-refractivity contribution in [3.05, 3.63) is 53.7 Å². The molecule has 0 spiro atoms. The number of halogens is 2. The topological polar surface area (TPSA) is 45.9 Å². The first-order chi connectivity index (χ1) is 8.20. The summed E-state index contributed by atoms with van der Waals surface area (Å²) in [5.74, 6) is -2.32. The van der Waals surface area contributed by atoms with Crippen LogP contribution in [0.2, 0.25) is 0 Å². The summed E-state index contributed by atoms with van der Waals surface area (Å²) in [7, 11) is 0. The third kappa shape index (κ3) is 2.37. The van der Waals surface area contributed by atoms with E-state index in [0.29, 0.717) is 5.56 Å². The van der Waals surface area contributed by atoms with Gasteiger partial charge in [-0.3, -0.25) is 0 Å². The first kappa shape index (κ1) is 11.0. The van der Waals surface area contributed by atoms with Crippen LogP contribution >= 0.6 is 0 Å². The van der Waals surface area contributed by atoms with Crippen LogP contribution in [0.5, 0.6) is 11.6 Å². The van der Waals surface area contributed by atoms with E-state index in [4.69, 9.17) is 10.00 Å². The highest BCUT2D eigenvalue weighted by Crippen LogP contribution is 2.24. The summed E-state index contributed by atoms with van der Waals surface area (Å²) in [6.45, 7) is 0. The van der Waals surface area contributed by atoms with Gasteiger partial charge in [0.25, 0.3) is 0 Å². The minimum Gasteiger partial charge on any atom is -0.436 e. The van der Waals surface area contributed by atoms with Crippen molar-refractivity contribution in [3.63, 3.8) is 0 Å². The second-order valence-corrected chi connectivity index (χ2v) is 3.15. The average Bonchev–Trinajstić information content (AvgIpc) is 2.35. The van der Waals surface area contributed by atoms with Gasteiger partial charge in [-0.2, -0.15) is 9.65 Å². The van der Waals surface area contributed by atoms with Gasteiger partial charge in [0.2, 0.25) is 11.7 Å². The molecule has 0 aliphatic rings. The number of rotatable bonds is 2. The third-order valence-electron chi connectivity index (χ3n) is 1.99. The molecule has 0 unspecified atom stereocenters. The number of benzene rings is 1. The van der Waals surface area contributed by atoms with E-state index >= 15 is 0 Å². The lowest BCUT2D eigenvalue weighted by Gasteiger charge is -2.05. The van der Waals surface area contributed by atoms with E-state index in [1.54, 1.807) is 0 Å². The van der Waals surface area contributed by atoms with E-state index < -0.39 is 11.6 Å². The maximum Gasteiger partial charge on any atom is 0.220 e. The Bertz CT molecular complexity index is 593. The molecular weight excluding hydrogens is 226 g/mol. The Morgan fingerprint density at radius 3 is 2.82 bits per heavy atom. The van der Waals surface area contributed by atoms with Gasteiger partial charge >= 0.3 is 0 Å². The predicted molar refractivity (Wildman–Crippen MR) is 55.4 cm³/mol. The van der Waals surface area contributed by atoms with E-state index in [2.05, 4.69) is 4.98 Å². The molecule has 0 saturated carbocycles. The normalized spacial score (nSPS) is 9.71. The van der Waals surface area contributed by atoms with Gasteiger partial charge < -0.3 is 4.74 Å². The molecule has 0 aliphatic carbocycles. The van der Waals surface area contributed by atoms with Crippen LogP contribution in [0.4, 0.5) is 8.78 Å². The summed E-state index contributed by atoms with van der Waals surface area (Å²) < 4.78 is 31.2. The van der Waals surface area contributed by atoms with Crippen LogP contribution in [0.1, 0.15) is 5.56 Å². The highest BCUT2D eigenvalue weighted by Gasteiger charge is 2.10. The lowest BCUT2D eigenvalue weighted by molar-refractivity contribution is 0.405. The summed E-state index contributed by atoms with van der Waals surface area (Å²) in [4.78, 5) is 3.79. The largest absolute Gasteiger partial charge is 0.436 e. The summed E-state index contributed by atoms with van der Waals surface area (Å²) >= 11 is 0. The van der Waals surface area contributed by atoms with Crippen LogP contribution in [0, 0.1) is 23.0 Å². The summed E-state index contributed by atoms with van der Waals surface area (Å²) in [5.41, 5.74) is 0.326. The maximum absolute atomic E-state index is 13.3. The van der Waals surface area contributed by atoms with E-state index in [1.165, 1.54) is 30.5 Å². The fourth-order valence-corrected chi connectivity index (χ4v) is 1.21. The van der Waals surface area contributed by atoms with Crippen molar-refractivity contribution in [1.29, 1.82) is 5.26 Å². The molecule has 0 saturated heterocycles. The van der Waals surface area contributed by atoms with Gasteiger partial charge in [-0.25, -0.2) is 9.37 Å². The fraction of sp³-hybridized carbons (Fsp3) is 0. The lowest BCUT2D eigenvalue weighted by atomic mass is 10.3. The van der Waals surface area contributed by atoms with Crippen LogP contribution in [0.25, 0.3) is 0 Å². The van der Waals surface area contributed by atoms with Crippen LogP contribution < -0.4 is 4.74 Å². The molecule has 1 aromatic carbocycles. The van der Waals surface area contributed by atoms with Crippen LogP contribution in [-0.2, 0) is 0 Å². The van der Waals surface area contributed by atoms with Crippen molar-refractivity contribution < 1.29 is 13.5 Å². The summed E-state index contributed by atoms with van der Waals surface area (Å²) in [5, 5.41) is 8.66. The van der Waals surface area contributed by atoms with Crippen LogP contribution in [-0.4, -0.2) is 4.98 Å². The molecule has 1 heterocycles. The standard InChI is InChI=1S/C12H6F2N2O/c13-9-2-1-3-10(12(9)14)17-11-6-8(7-15)4-5-16-11/h1-6H. The number of ether oxygens (including phenoxy) is 1. The second-order valence-electron chi connectivity index (χ2n) is 3.15. The SMILES string of the molecule is N#Cc1ccnc(Oc2cccc(F)c2F)c1. The molecule has 0 N–H and O–H groups in total. The maximum atomic E-state index is 13.3. The average molecular weight is 232 g/mol. The third-order valence-corrected chi connectivity index (χ3v) is 1.99. The Balaban J connectivity index is 2.32. The lowest BCUT2D eigenvalue weighted by Crippen LogP contribution is -1.93. The molecule has 2 aromatic rings. The molecule has 0 atom stereocenters. The zero-order valence-electron chi connectivity index (χ0n) is 8.52. The van der Waals surface area contributed by atoms with Gasteiger partial charge in [0, 0.05) is 12.3 Å². The van der Waals surface area contributed by atoms with Crippen molar-refractivity contribution >= 4 is 0 Å². The van der Waals surface area contributed by atoms with Gasteiger partial charge in [0.15, 0.2) is 11.6 Å². The molecule has 84 valence electrons. The first-order valence-electron chi connectivity index (χ1n) is 4.69. The van der Waals surface area contributed by atoms with Crippen molar-refractivity contribution in [2.24, 2.45) is 0 Å². The predicted octanol–water partition coefficient (Wildman–Crippen LogP) is 3.02. The fourth-order valence-electron chi connectivity index (χ4n) is 1.21. The van der Waals surface area contributed by atoms with Crippen molar-refractivity contribution in [3.8, 4) is 17.7 Å². The molecule has 17 heavy (non-hydrogen) atoms. The summed E-state index contributed by atoms with van der Waals surface area (Å²) in [6, 6.07) is 8.30. The first-order valence-corrected chi connectivity index (χ1v) is 4.69. The Morgan fingerprint density at radius 2 is 2.06 bits per heavy atom. The number of nitrogens with zero attached hydrogens (tertiary/aromatic N) is 2. The summed E-state index contributed by atoms with van der Waals surface area (Å²) in [6.07, 6.45) is 1.35. The minimum absolute atomic E-state index is 0.0357. The monoisotopic (exact) mass is 232 g/mol. The number of nitriles is 1. The van der Waals surface area contributed by atoms with E-state index in [0.717, 1.165) is 6.07 Å². The molecule has 1 aromatic heterocycles. The molecule has 3 nitrogen and oxygen atoms in total. The number of aromatic nitrogens is 1. The highest BCUT2D eigenvalue weighted by atomic mass is 19.2. The van der Waals surface area contributed by atoms with E-state index in [9.17, 15) is 8.78 Å². The van der Waals surface area contributed by atoms with Crippen molar-refractivity contribution in [2.75, 3.05) is 0 Å². The highest BCUT2D eigenvalue weighted by molar-refractivity contribution is 5.34. The molecule has 0 fully saturated rings.